The van der Waals surface area contributed by atoms with Gasteiger partial charge >= 0.3 is 0 Å². The molecule has 0 radical (unpaired) electrons. The Morgan fingerprint density at radius 1 is 1.35 bits per heavy atom. The van der Waals surface area contributed by atoms with E-state index < -0.39 is 15.6 Å². The van der Waals surface area contributed by atoms with E-state index in [1.165, 1.54) is 11.3 Å². The van der Waals surface area contributed by atoms with Gasteiger partial charge in [0.05, 0.1) is 3.79 Å². The van der Waals surface area contributed by atoms with E-state index in [0.717, 1.165) is 16.6 Å². The van der Waals surface area contributed by atoms with Crippen molar-refractivity contribution in [1.29, 1.82) is 0 Å². The van der Waals surface area contributed by atoms with E-state index in [1.54, 1.807) is 12.1 Å². The Labute approximate surface area is 123 Å². The van der Waals surface area contributed by atoms with Crippen LogP contribution in [0, 0.1) is 0 Å². The van der Waals surface area contributed by atoms with Crippen LogP contribution >= 0.6 is 43.2 Å². The zero-order valence-corrected chi connectivity index (χ0v) is 14.5. The summed E-state index contributed by atoms with van der Waals surface area (Å²) in [6.07, 6.45) is 1.50. The number of hydrogen-bond acceptors (Lipinski definition) is 3. The molecule has 0 atom stereocenters. The number of sulfonamides is 1. The zero-order valence-electron chi connectivity index (χ0n) is 9.66. The van der Waals surface area contributed by atoms with E-state index in [-0.39, 0.29) is 0 Å². The zero-order chi connectivity index (χ0) is 13.1. The molecule has 0 saturated heterocycles. The Morgan fingerprint density at radius 3 is 2.29 bits per heavy atom. The summed E-state index contributed by atoms with van der Waals surface area (Å²) in [5.41, 5.74) is -0.407. The van der Waals surface area contributed by atoms with Crippen molar-refractivity contribution >= 4 is 53.2 Å². The van der Waals surface area contributed by atoms with Crippen LogP contribution in [0.15, 0.2) is 20.1 Å². The van der Waals surface area contributed by atoms with Gasteiger partial charge in [-0.3, -0.25) is 0 Å². The first-order chi connectivity index (χ1) is 7.89. The first kappa shape index (κ1) is 15.6. The molecule has 0 aliphatic rings. The molecular weight excluding hydrogens is 390 g/mol. The van der Waals surface area contributed by atoms with Gasteiger partial charge in [0.15, 0.2) is 0 Å². The Balaban J connectivity index is 3.00. The highest BCUT2D eigenvalue weighted by Crippen LogP contribution is 2.28. The average Bonchev–Trinajstić information content (AvgIpc) is 2.74. The third-order valence-corrected chi connectivity index (χ3v) is 7.54. The van der Waals surface area contributed by atoms with Crippen molar-refractivity contribution in [2.75, 3.05) is 5.33 Å². The molecule has 3 nitrogen and oxygen atoms in total. The molecule has 17 heavy (non-hydrogen) atoms. The number of alkyl halides is 1. The summed E-state index contributed by atoms with van der Waals surface area (Å²) >= 11 is 7.88. The molecule has 0 aliphatic heterocycles. The number of thiophene rings is 1. The molecule has 1 rings (SSSR count). The molecule has 0 saturated carbocycles. The Bertz CT molecular complexity index is 458. The molecule has 0 aliphatic carbocycles. The monoisotopic (exact) mass is 403 g/mol. The van der Waals surface area contributed by atoms with Gasteiger partial charge in [-0.25, -0.2) is 13.1 Å². The second-order valence-electron chi connectivity index (χ2n) is 3.79. The van der Waals surface area contributed by atoms with Gasteiger partial charge in [-0.1, -0.05) is 29.8 Å². The summed E-state index contributed by atoms with van der Waals surface area (Å²) in [5.74, 6) is 0. The van der Waals surface area contributed by atoms with Gasteiger partial charge in [0.1, 0.15) is 4.21 Å². The Hall–Kier alpha value is 0.570. The van der Waals surface area contributed by atoms with E-state index in [4.69, 9.17) is 0 Å². The minimum absolute atomic E-state index is 0.344. The van der Waals surface area contributed by atoms with Crippen LogP contribution in [0.25, 0.3) is 0 Å². The Morgan fingerprint density at radius 2 is 1.94 bits per heavy atom. The number of halogens is 2. The quantitative estimate of drug-likeness (QED) is 0.734. The van der Waals surface area contributed by atoms with Crippen LogP contribution in [-0.4, -0.2) is 19.3 Å². The predicted octanol–water partition coefficient (Wildman–Crippen LogP) is 3.74. The standard InChI is InChI=1S/C10H15Br2NO2S2/c1-3-10(4-2,7-11)13-17(14,15)9-6-5-8(12)16-9/h5-6,13H,3-4,7H2,1-2H3. The lowest BCUT2D eigenvalue weighted by Gasteiger charge is -2.30. The van der Waals surface area contributed by atoms with Gasteiger partial charge in [0.2, 0.25) is 0 Å². The van der Waals surface area contributed by atoms with Crippen LogP contribution in [0.2, 0.25) is 0 Å². The van der Waals surface area contributed by atoms with Crippen molar-refractivity contribution < 1.29 is 8.42 Å². The molecule has 1 N–H and O–H groups in total. The molecule has 0 spiro atoms. The SMILES string of the molecule is CCC(CC)(CBr)NS(=O)(=O)c1ccc(Br)s1. The molecule has 1 heterocycles. The summed E-state index contributed by atoms with van der Waals surface area (Å²) in [7, 11) is -3.42. The van der Waals surface area contributed by atoms with Crippen LogP contribution in [0.4, 0.5) is 0 Å². The number of nitrogens with one attached hydrogen (secondary N) is 1. The van der Waals surface area contributed by atoms with Gasteiger partial charge in [0.25, 0.3) is 10.0 Å². The highest BCUT2D eigenvalue weighted by atomic mass is 79.9. The minimum atomic E-state index is -3.42. The third-order valence-electron chi connectivity index (χ3n) is 2.77. The smallest absolute Gasteiger partial charge is 0.206 e. The molecule has 0 aromatic carbocycles. The molecule has 0 fully saturated rings. The van der Waals surface area contributed by atoms with Crippen molar-refractivity contribution in [2.45, 2.75) is 36.4 Å². The summed E-state index contributed by atoms with van der Waals surface area (Å²) in [6.45, 7) is 3.97. The summed E-state index contributed by atoms with van der Waals surface area (Å²) < 4.78 is 28.4. The number of rotatable bonds is 6. The summed E-state index contributed by atoms with van der Waals surface area (Å²) in [4.78, 5) is 0. The van der Waals surface area contributed by atoms with Crippen molar-refractivity contribution in [3.05, 3.63) is 15.9 Å². The third kappa shape index (κ3) is 3.76. The van der Waals surface area contributed by atoms with Gasteiger partial charge in [-0.05, 0) is 40.9 Å². The molecule has 7 heteroatoms. The topological polar surface area (TPSA) is 46.2 Å². The lowest BCUT2D eigenvalue weighted by atomic mass is 9.97. The fourth-order valence-electron chi connectivity index (χ4n) is 1.39. The average molecular weight is 405 g/mol. The summed E-state index contributed by atoms with van der Waals surface area (Å²) in [6, 6.07) is 3.36. The largest absolute Gasteiger partial charge is 0.250 e. The predicted molar refractivity (Wildman–Crippen MR) is 79.4 cm³/mol. The first-order valence-corrected chi connectivity index (χ1v) is 9.46. The Kier molecular flexibility index (Phi) is 5.65. The number of hydrogen-bond donors (Lipinski definition) is 1. The maximum atomic E-state index is 12.2. The maximum Gasteiger partial charge on any atom is 0.250 e. The maximum absolute atomic E-state index is 12.2. The van der Waals surface area contributed by atoms with E-state index in [1.807, 2.05) is 13.8 Å². The van der Waals surface area contributed by atoms with Crippen molar-refractivity contribution in [1.82, 2.24) is 4.72 Å². The van der Waals surface area contributed by atoms with Crippen LogP contribution in [0.3, 0.4) is 0 Å². The van der Waals surface area contributed by atoms with Gasteiger partial charge < -0.3 is 0 Å². The van der Waals surface area contributed by atoms with Gasteiger partial charge in [0, 0.05) is 10.9 Å². The lowest BCUT2D eigenvalue weighted by molar-refractivity contribution is 0.399. The normalized spacial score (nSPS) is 12.9. The van der Waals surface area contributed by atoms with Crippen molar-refractivity contribution in [3.8, 4) is 0 Å². The fraction of sp³-hybridized carbons (Fsp3) is 0.600. The van der Waals surface area contributed by atoms with E-state index >= 15 is 0 Å². The van der Waals surface area contributed by atoms with Crippen molar-refractivity contribution in [2.24, 2.45) is 0 Å². The molecule has 0 amide bonds. The van der Waals surface area contributed by atoms with Gasteiger partial charge in [-0.15, -0.1) is 11.3 Å². The fourth-order valence-corrected chi connectivity index (χ4v) is 6.06. The van der Waals surface area contributed by atoms with Crippen molar-refractivity contribution in [3.63, 3.8) is 0 Å². The molecule has 1 aromatic heterocycles. The van der Waals surface area contributed by atoms with E-state index in [9.17, 15) is 8.42 Å². The highest BCUT2D eigenvalue weighted by Gasteiger charge is 2.31. The highest BCUT2D eigenvalue weighted by molar-refractivity contribution is 9.11. The van der Waals surface area contributed by atoms with E-state index in [0.29, 0.717) is 9.54 Å². The van der Waals surface area contributed by atoms with E-state index in [2.05, 4.69) is 36.6 Å². The molecule has 0 unspecified atom stereocenters. The van der Waals surface area contributed by atoms with Crippen LogP contribution in [0.1, 0.15) is 26.7 Å². The minimum Gasteiger partial charge on any atom is -0.206 e. The lowest BCUT2D eigenvalue weighted by Crippen LogP contribution is -2.48. The van der Waals surface area contributed by atoms with Crippen LogP contribution in [-0.2, 0) is 10.0 Å². The second-order valence-corrected chi connectivity index (χ2v) is 8.72. The summed E-state index contributed by atoms with van der Waals surface area (Å²) in [5, 5.41) is 0.610. The second kappa shape index (κ2) is 6.14. The molecule has 1 aromatic rings. The van der Waals surface area contributed by atoms with Gasteiger partial charge in [-0.2, -0.15) is 0 Å². The van der Waals surface area contributed by atoms with Crippen LogP contribution < -0.4 is 4.72 Å². The molecule has 98 valence electrons. The molecule has 0 bridgehead atoms. The molecular formula is C10H15Br2NO2S2. The first-order valence-electron chi connectivity index (χ1n) is 5.24. The van der Waals surface area contributed by atoms with Crippen LogP contribution in [0.5, 0.6) is 0 Å².